The zero-order valence-corrected chi connectivity index (χ0v) is 14.1. The van der Waals surface area contributed by atoms with E-state index in [9.17, 15) is 5.11 Å². The molecule has 4 aromatic rings. The standard InChI is InChI=1S/C20H20N4O/c1-14(25)9-19-20(16-5-3-2-4-6-16)21-13-24(19)12-15-7-8-18-17(10-15)11-22-23-18/h2-8,10-11,13-14,25H,9,12H2,1H3,(H,22,23). The van der Waals surface area contributed by atoms with Crippen LogP contribution in [0, 0.1) is 0 Å². The number of benzene rings is 2. The third-order valence-electron chi connectivity index (χ3n) is 4.34. The van der Waals surface area contributed by atoms with Crippen molar-refractivity contribution in [2.75, 3.05) is 0 Å². The normalized spacial score (nSPS) is 12.6. The van der Waals surface area contributed by atoms with Crippen molar-refractivity contribution in [3.8, 4) is 11.3 Å². The number of aromatic nitrogens is 4. The first kappa shape index (κ1) is 15.6. The highest BCUT2D eigenvalue weighted by atomic mass is 16.3. The Labute approximate surface area is 146 Å². The number of hydrogen-bond donors (Lipinski definition) is 2. The van der Waals surface area contributed by atoms with E-state index in [4.69, 9.17) is 0 Å². The molecule has 0 aliphatic carbocycles. The summed E-state index contributed by atoms with van der Waals surface area (Å²) < 4.78 is 2.12. The largest absolute Gasteiger partial charge is 0.393 e. The van der Waals surface area contributed by atoms with Gasteiger partial charge in [0.15, 0.2) is 0 Å². The van der Waals surface area contributed by atoms with Crippen molar-refractivity contribution in [1.29, 1.82) is 0 Å². The van der Waals surface area contributed by atoms with Crippen molar-refractivity contribution in [2.24, 2.45) is 0 Å². The Kier molecular flexibility index (Phi) is 4.07. The maximum atomic E-state index is 9.95. The Morgan fingerprint density at radius 1 is 1.16 bits per heavy atom. The summed E-state index contributed by atoms with van der Waals surface area (Å²) in [7, 11) is 0. The average Bonchev–Trinajstić information content (AvgIpc) is 3.22. The summed E-state index contributed by atoms with van der Waals surface area (Å²) >= 11 is 0. The van der Waals surface area contributed by atoms with Crippen LogP contribution in [0.15, 0.2) is 61.1 Å². The van der Waals surface area contributed by atoms with E-state index in [1.165, 1.54) is 5.56 Å². The number of rotatable bonds is 5. The fourth-order valence-electron chi connectivity index (χ4n) is 3.16. The highest BCUT2D eigenvalue weighted by Crippen LogP contribution is 2.24. The van der Waals surface area contributed by atoms with Gasteiger partial charge in [0.25, 0.3) is 0 Å². The number of hydrogen-bond acceptors (Lipinski definition) is 3. The molecule has 25 heavy (non-hydrogen) atoms. The molecule has 0 aliphatic heterocycles. The van der Waals surface area contributed by atoms with Gasteiger partial charge in [0, 0.05) is 29.6 Å². The van der Waals surface area contributed by atoms with Crippen LogP contribution >= 0.6 is 0 Å². The number of imidazole rings is 1. The summed E-state index contributed by atoms with van der Waals surface area (Å²) in [5.74, 6) is 0. The maximum Gasteiger partial charge on any atom is 0.0959 e. The Morgan fingerprint density at radius 2 is 2.00 bits per heavy atom. The van der Waals surface area contributed by atoms with E-state index in [1.54, 1.807) is 0 Å². The summed E-state index contributed by atoms with van der Waals surface area (Å²) in [5.41, 5.74) is 5.27. The van der Waals surface area contributed by atoms with Crippen LogP contribution in [0.1, 0.15) is 18.2 Å². The van der Waals surface area contributed by atoms with Crippen LogP contribution in [0.25, 0.3) is 22.2 Å². The molecular formula is C20H20N4O. The van der Waals surface area contributed by atoms with Gasteiger partial charge in [-0.05, 0) is 24.6 Å². The Balaban J connectivity index is 1.72. The van der Waals surface area contributed by atoms with Gasteiger partial charge in [0.2, 0.25) is 0 Å². The molecule has 0 bridgehead atoms. The van der Waals surface area contributed by atoms with Crippen molar-refractivity contribution in [1.82, 2.24) is 19.7 Å². The number of aliphatic hydroxyl groups excluding tert-OH is 1. The molecular weight excluding hydrogens is 312 g/mol. The first-order valence-corrected chi connectivity index (χ1v) is 8.40. The molecule has 0 saturated heterocycles. The third kappa shape index (κ3) is 3.19. The Bertz CT molecular complexity index is 985. The van der Waals surface area contributed by atoms with E-state index < -0.39 is 6.10 Å². The van der Waals surface area contributed by atoms with E-state index >= 15 is 0 Å². The van der Waals surface area contributed by atoms with Crippen LogP contribution < -0.4 is 0 Å². The second kappa shape index (κ2) is 6.53. The van der Waals surface area contributed by atoms with Crippen LogP contribution in [0.2, 0.25) is 0 Å². The van der Waals surface area contributed by atoms with Crippen molar-refractivity contribution in [3.05, 3.63) is 72.3 Å². The van der Waals surface area contributed by atoms with Gasteiger partial charge in [0.05, 0.1) is 29.8 Å². The fraction of sp³-hybridized carbons (Fsp3) is 0.200. The quantitative estimate of drug-likeness (QED) is 0.589. The maximum absolute atomic E-state index is 9.95. The van der Waals surface area contributed by atoms with Gasteiger partial charge in [-0.1, -0.05) is 36.4 Å². The Hall–Kier alpha value is -2.92. The van der Waals surface area contributed by atoms with Gasteiger partial charge >= 0.3 is 0 Å². The lowest BCUT2D eigenvalue weighted by atomic mass is 10.1. The molecule has 5 nitrogen and oxygen atoms in total. The minimum Gasteiger partial charge on any atom is -0.393 e. The zero-order chi connectivity index (χ0) is 17.2. The predicted octanol–water partition coefficient (Wildman–Crippen LogP) is 3.40. The van der Waals surface area contributed by atoms with Gasteiger partial charge in [-0.3, -0.25) is 5.10 Å². The molecule has 0 amide bonds. The topological polar surface area (TPSA) is 66.7 Å². The first-order chi connectivity index (χ1) is 12.2. The highest BCUT2D eigenvalue weighted by molar-refractivity contribution is 5.78. The summed E-state index contributed by atoms with van der Waals surface area (Å²) in [4.78, 5) is 4.62. The van der Waals surface area contributed by atoms with Crippen LogP contribution in [-0.2, 0) is 13.0 Å². The lowest BCUT2D eigenvalue weighted by Crippen LogP contribution is -2.11. The Morgan fingerprint density at radius 3 is 2.80 bits per heavy atom. The van der Waals surface area contributed by atoms with Crippen LogP contribution in [-0.4, -0.2) is 31.0 Å². The van der Waals surface area contributed by atoms with E-state index in [0.29, 0.717) is 13.0 Å². The van der Waals surface area contributed by atoms with Gasteiger partial charge in [0.1, 0.15) is 0 Å². The number of nitrogens with zero attached hydrogens (tertiary/aromatic N) is 3. The number of aliphatic hydroxyl groups is 1. The second-order valence-corrected chi connectivity index (χ2v) is 6.38. The highest BCUT2D eigenvalue weighted by Gasteiger charge is 2.15. The van der Waals surface area contributed by atoms with Crippen molar-refractivity contribution in [2.45, 2.75) is 26.0 Å². The SMILES string of the molecule is CC(O)Cc1c(-c2ccccc2)ncn1Cc1ccc2[nH]ncc2c1. The molecule has 2 N–H and O–H groups in total. The zero-order valence-electron chi connectivity index (χ0n) is 14.1. The first-order valence-electron chi connectivity index (χ1n) is 8.40. The van der Waals surface area contributed by atoms with E-state index in [2.05, 4.69) is 44.0 Å². The van der Waals surface area contributed by atoms with E-state index in [0.717, 1.165) is 27.9 Å². The van der Waals surface area contributed by atoms with Crippen LogP contribution in [0.5, 0.6) is 0 Å². The van der Waals surface area contributed by atoms with Gasteiger partial charge < -0.3 is 9.67 Å². The molecule has 0 spiro atoms. The average molecular weight is 332 g/mol. The van der Waals surface area contributed by atoms with Gasteiger partial charge in [-0.15, -0.1) is 0 Å². The smallest absolute Gasteiger partial charge is 0.0959 e. The monoisotopic (exact) mass is 332 g/mol. The molecule has 1 atom stereocenters. The molecule has 5 heteroatoms. The molecule has 126 valence electrons. The summed E-state index contributed by atoms with van der Waals surface area (Å²) in [6.07, 6.45) is 3.84. The van der Waals surface area contributed by atoms with Gasteiger partial charge in [-0.25, -0.2) is 4.98 Å². The number of fused-ring (bicyclic) bond motifs is 1. The van der Waals surface area contributed by atoms with Crippen molar-refractivity contribution < 1.29 is 5.11 Å². The van der Waals surface area contributed by atoms with E-state index in [-0.39, 0.29) is 0 Å². The minimum absolute atomic E-state index is 0.422. The molecule has 0 saturated carbocycles. The molecule has 4 rings (SSSR count). The van der Waals surface area contributed by atoms with Crippen molar-refractivity contribution >= 4 is 10.9 Å². The van der Waals surface area contributed by atoms with Gasteiger partial charge in [-0.2, -0.15) is 5.10 Å². The molecule has 2 heterocycles. The predicted molar refractivity (Wildman–Crippen MR) is 98.2 cm³/mol. The molecule has 0 radical (unpaired) electrons. The van der Waals surface area contributed by atoms with Crippen LogP contribution in [0.3, 0.4) is 0 Å². The summed E-state index contributed by atoms with van der Waals surface area (Å²) in [5, 5.41) is 18.1. The fourth-order valence-corrected chi connectivity index (χ4v) is 3.16. The molecule has 2 aromatic heterocycles. The lowest BCUT2D eigenvalue weighted by molar-refractivity contribution is 0.193. The molecule has 2 aromatic carbocycles. The lowest BCUT2D eigenvalue weighted by Gasteiger charge is -2.12. The van der Waals surface area contributed by atoms with E-state index in [1.807, 2.05) is 43.7 Å². The number of aromatic amines is 1. The molecule has 0 fully saturated rings. The second-order valence-electron chi connectivity index (χ2n) is 6.38. The summed E-state index contributed by atoms with van der Waals surface area (Å²) in [6.45, 7) is 2.52. The summed E-state index contributed by atoms with van der Waals surface area (Å²) in [6, 6.07) is 16.4. The van der Waals surface area contributed by atoms with Crippen molar-refractivity contribution in [3.63, 3.8) is 0 Å². The molecule has 1 unspecified atom stereocenters. The third-order valence-corrected chi connectivity index (χ3v) is 4.34. The number of H-pyrrole nitrogens is 1. The molecule has 0 aliphatic rings. The van der Waals surface area contributed by atoms with Crippen LogP contribution in [0.4, 0.5) is 0 Å². The minimum atomic E-state index is -0.422. The number of nitrogens with one attached hydrogen (secondary N) is 1.